The van der Waals surface area contributed by atoms with E-state index in [-0.39, 0.29) is 11.6 Å². The predicted octanol–water partition coefficient (Wildman–Crippen LogP) is 5.83. The zero-order valence-electron chi connectivity index (χ0n) is 18.7. The number of nitrogens with one attached hydrogen (secondary N) is 2. The molecule has 2 amide bonds. The minimum Gasteiger partial charge on any atom is -0.494 e. The van der Waals surface area contributed by atoms with Gasteiger partial charge in [-0.3, -0.25) is 9.59 Å². The number of carbonyl (C=O) groups excluding carboxylic acids is 2. The van der Waals surface area contributed by atoms with Gasteiger partial charge < -0.3 is 15.4 Å². The van der Waals surface area contributed by atoms with Gasteiger partial charge in [-0.1, -0.05) is 74.0 Å². The highest BCUT2D eigenvalue weighted by Gasteiger charge is 2.14. The molecule has 0 aromatic heterocycles. The van der Waals surface area contributed by atoms with Crippen molar-refractivity contribution in [3.05, 3.63) is 114 Å². The topological polar surface area (TPSA) is 67.4 Å². The van der Waals surface area contributed by atoms with Gasteiger partial charge in [0.05, 0.1) is 6.61 Å². The Balaban J connectivity index is 1.73. The minimum absolute atomic E-state index is 0.138. The zero-order chi connectivity index (χ0) is 23.3. The molecule has 2 N–H and O–H groups in total. The highest BCUT2D eigenvalue weighted by atomic mass is 16.5. The van der Waals surface area contributed by atoms with Crippen LogP contribution in [0.3, 0.4) is 0 Å². The molecule has 0 saturated carbocycles. The van der Waals surface area contributed by atoms with Crippen LogP contribution in [0.5, 0.6) is 5.75 Å². The molecule has 0 unspecified atom stereocenters. The van der Waals surface area contributed by atoms with Gasteiger partial charge in [0.1, 0.15) is 11.4 Å². The average Bonchev–Trinajstić information content (AvgIpc) is 2.85. The molecule has 3 rings (SSSR count). The molecule has 5 nitrogen and oxygen atoms in total. The van der Waals surface area contributed by atoms with E-state index < -0.39 is 5.91 Å². The van der Waals surface area contributed by atoms with Crippen LogP contribution in [0.15, 0.2) is 103 Å². The SMILES string of the molecule is CCCCOc1ccc(C(=O)NC(=CC=Cc2ccccc2)C(=O)Nc2ccccc2)cc1. The zero-order valence-corrected chi connectivity index (χ0v) is 18.7. The summed E-state index contributed by atoms with van der Waals surface area (Å²) in [4.78, 5) is 25.7. The fraction of sp³-hybridized carbons (Fsp3) is 0.143. The van der Waals surface area contributed by atoms with Crippen LogP contribution in [0.25, 0.3) is 6.08 Å². The lowest BCUT2D eigenvalue weighted by molar-refractivity contribution is -0.113. The molecule has 0 saturated heterocycles. The van der Waals surface area contributed by atoms with Gasteiger partial charge in [0.2, 0.25) is 0 Å². The Bertz CT molecular complexity index is 1090. The summed E-state index contributed by atoms with van der Waals surface area (Å²) in [6, 6.07) is 25.7. The van der Waals surface area contributed by atoms with Gasteiger partial charge in [-0.25, -0.2) is 0 Å². The summed E-state index contributed by atoms with van der Waals surface area (Å²) in [5.74, 6) is -0.0761. The maximum absolute atomic E-state index is 12.9. The lowest BCUT2D eigenvalue weighted by Crippen LogP contribution is -2.30. The molecule has 0 aliphatic rings. The van der Waals surface area contributed by atoms with Crippen LogP contribution in [0, 0.1) is 0 Å². The Labute approximate surface area is 194 Å². The first-order chi connectivity index (χ1) is 16.2. The number of benzene rings is 3. The molecule has 0 atom stereocenters. The molecular weight excluding hydrogens is 412 g/mol. The van der Waals surface area contributed by atoms with Crippen LogP contribution in [0.2, 0.25) is 0 Å². The van der Waals surface area contributed by atoms with Crippen LogP contribution in [0.4, 0.5) is 5.69 Å². The van der Waals surface area contributed by atoms with E-state index >= 15 is 0 Å². The van der Waals surface area contributed by atoms with E-state index in [0.29, 0.717) is 23.6 Å². The van der Waals surface area contributed by atoms with Crippen LogP contribution in [0.1, 0.15) is 35.7 Å². The molecule has 33 heavy (non-hydrogen) atoms. The molecular formula is C28H28N2O3. The monoisotopic (exact) mass is 440 g/mol. The first-order valence-electron chi connectivity index (χ1n) is 11.0. The maximum atomic E-state index is 12.9. The van der Waals surface area contributed by atoms with Gasteiger partial charge in [0, 0.05) is 11.3 Å². The number of ether oxygens (including phenoxy) is 1. The van der Waals surface area contributed by atoms with Crippen molar-refractivity contribution in [1.82, 2.24) is 5.32 Å². The molecule has 5 heteroatoms. The number of carbonyl (C=O) groups is 2. The lowest BCUT2D eigenvalue weighted by atomic mass is 10.2. The standard InChI is InChI=1S/C28H28N2O3/c1-2-3-21-33-25-19-17-23(18-20-25)27(31)30-26(16-10-13-22-11-6-4-7-12-22)28(32)29-24-14-8-5-9-15-24/h4-20H,2-3,21H2,1H3,(H,29,32)(H,30,31). The Hall–Kier alpha value is -4.12. The van der Waals surface area contributed by atoms with Gasteiger partial charge in [-0.15, -0.1) is 0 Å². The highest BCUT2D eigenvalue weighted by Crippen LogP contribution is 2.14. The summed E-state index contributed by atoms with van der Waals surface area (Å²) in [7, 11) is 0. The predicted molar refractivity (Wildman–Crippen MR) is 133 cm³/mol. The van der Waals surface area contributed by atoms with E-state index in [9.17, 15) is 9.59 Å². The normalized spacial score (nSPS) is 11.2. The van der Waals surface area contributed by atoms with Crippen molar-refractivity contribution >= 4 is 23.6 Å². The minimum atomic E-state index is -0.410. The van der Waals surface area contributed by atoms with E-state index in [4.69, 9.17) is 4.74 Å². The molecule has 0 spiro atoms. The van der Waals surface area contributed by atoms with Gasteiger partial charge in [-0.2, -0.15) is 0 Å². The van der Waals surface area contributed by atoms with Crippen molar-refractivity contribution in [1.29, 1.82) is 0 Å². The van der Waals surface area contributed by atoms with Gasteiger partial charge in [-0.05, 0) is 54.5 Å². The van der Waals surface area contributed by atoms with Gasteiger partial charge in [0.15, 0.2) is 0 Å². The van der Waals surface area contributed by atoms with E-state index in [1.165, 1.54) is 0 Å². The second-order valence-electron chi connectivity index (χ2n) is 7.35. The quantitative estimate of drug-likeness (QED) is 0.237. The smallest absolute Gasteiger partial charge is 0.272 e. The molecule has 3 aromatic carbocycles. The fourth-order valence-corrected chi connectivity index (χ4v) is 2.95. The van der Waals surface area contributed by atoms with E-state index in [0.717, 1.165) is 18.4 Å². The summed E-state index contributed by atoms with van der Waals surface area (Å²) < 4.78 is 5.65. The second kappa shape index (κ2) is 12.7. The van der Waals surface area contributed by atoms with E-state index in [1.54, 1.807) is 48.6 Å². The van der Waals surface area contributed by atoms with Crippen LogP contribution >= 0.6 is 0 Å². The largest absolute Gasteiger partial charge is 0.494 e. The molecule has 0 radical (unpaired) electrons. The molecule has 0 bridgehead atoms. The summed E-state index contributed by atoms with van der Waals surface area (Å²) in [5, 5.41) is 5.54. The van der Waals surface area contributed by atoms with Crippen LogP contribution in [-0.2, 0) is 4.79 Å². The number of rotatable bonds is 10. The van der Waals surface area contributed by atoms with E-state index in [2.05, 4.69) is 17.6 Å². The van der Waals surface area contributed by atoms with Crippen molar-refractivity contribution in [2.75, 3.05) is 11.9 Å². The first-order valence-corrected chi connectivity index (χ1v) is 11.0. The number of anilines is 1. The number of hydrogen-bond donors (Lipinski definition) is 2. The third kappa shape index (κ3) is 7.82. The third-order valence-electron chi connectivity index (χ3n) is 4.76. The van der Waals surface area contributed by atoms with Crippen LogP contribution in [-0.4, -0.2) is 18.4 Å². The number of amides is 2. The van der Waals surface area contributed by atoms with E-state index in [1.807, 2.05) is 54.6 Å². The Morgan fingerprint density at radius 2 is 1.55 bits per heavy atom. The molecule has 0 heterocycles. The Kier molecular flexibility index (Phi) is 9.04. The molecule has 168 valence electrons. The van der Waals surface area contributed by atoms with Crippen molar-refractivity contribution in [2.24, 2.45) is 0 Å². The molecule has 0 aliphatic heterocycles. The van der Waals surface area contributed by atoms with Crippen molar-refractivity contribution in [3.63, 3.8) is 0 Å². The van der Waals surface area contributed by atoms with Crippen LogP contribution < -0.4 is 15.4 Å². The van der Waals surface area contributed by atoms with Crippen molar-refractivity contribution in [2.45, 2.75) is 19.8 Å². The summed E-state index contributed by atoms with van der Waals surface area (Å²) >= 11 is 0. The summed E-state index contributed by atoms with van der Waals surface area (Å²) in [6.45, 7) is 2.74. The number of allylic oxidation sites excluding steroid dienone is 2. The molecule has 3 aromatic rings. The fourth-order valence-electron chi connectivity index (χ4n) is 2.95. The summed E-state index contributed by atoms with van der Waals surface area (Å²) in [6.07, 6.45) is 7.22. The highest BCUT2D eigenvalue weighted by molar-refractivity contribution is 6.08. The third-order valence-corrected chi connectivity index (χ3v) is 4.76. The lowest BCUT2D eigenvalue weighted by Gasteiger charge is -2.11. The number of hydrogen-bond acceptors (Lipinski definition) is 3. The van der Waals surface area contributed by atoms with Gasteiger partial charge in [0.25, 0.3) is 11.8 Å². The number of para-hydroxylation sites is 1. The molecule has 0 aliphatic carbocycles. The Morgan fingerprint density at radius 1 is 0.879 bits per heavy atom. The summed E-state index contributed by atoms with van der Waals surface area (Å²) in [5.41, 5.74) is 2.20. The molecule has 0 fully saturated rings. The van der Waals surface area contributed by atoms with Gasteiger partial charge >= 0.3 is 0 Å². The average molecular weight is 441 g/mol. The van der Waals surface area contributed by atoms with Crippen molar-refractivity contribution < 1.29 is 14.3 Å². The number of unbranched alkanes of at least 4 members (excludes halogenated alkanes) is 1. The second-order valence-corrected chi connectivity index (χ2v) is 7.35. The Morgan fingerprint density at radius 3 is 2.21 bits per heavy atom. The first kappa shape index (κ1) is 23.5. The maximum Gasteiger partial charge on any atom is 0.272 e. The van der Waals surface area contributed by atoms with Crippen molar-refractivity contribution in [3.8, 4) is 5.75 Å².